The molecule has 302 valence electrons. The smallest absolute Gasteiger partial charge is 0.325 e. The van der Waals surface area contributed by atoms with E-state index < -0.39 is 18.3 Å². The van der Waals surface area contributed by atoms with Gasteiger partial charge in [0.25, 0.3) is 0 Å². The number of benzene rings is 3. The summed E-state index contributed by atoms with van der Waals surface area (Å²) < 4.78 is 18.4. The van der Waals surface area contributed by atoms with E-state index in [1.54, 1.807) is 6.92 Å². The minimum Gasteiger partial charge on any atom is -0.465 e. The number of nitrogens with one attached hydrogen (secondary N) is 2. The minimum atomic E-state index is -0.510. The van der Waals surface area contributed by atoms with Crippen molar-refractivity contribution in [3.05, 3.63) is 95.1 Å². The predicted octanol–water partition coefficient (Wildman–Crippen LogP) is 9.78. The summed E-state index contributed by atoms with van der Waals surface area (Å²) >= 11 is 0. The fourth-order valence-electron chi connectivity index (χ4n) is 7.15. The lowest BCUT2D eigenvalue weighted by molar-refractivity contribution is -0.253. The van der Waals surface area contributed by atoms with Crippen molar-refractivity contribution < 1.29 is 28.9 Å². The minimum absolute atomic E-state index is 0.0137. The molecular formula is C46H67N3O6. The highest BCUT2D eigenvalue weighted by Gasteiger charge is 2.33. The Hall–Kier alpha value is -3.76. The molecule has 0 saturated carbocycles. The van der Waals surface area contributed by atoms with Gasteiger partial charge in [0.15, 0.2) is 6.29 Å². The first-order valence-electron chi connectivity index (χ1n) is 21.0. The van der Waals surface area contributed by atoms with E-state index in [4.69, 9.17) is 14.2 Å². The van der Waals surface area contributed by atoms with Crippen molar-refractivity contribution >= 4 is 12.0 Å². The number of ether oxygens (including phenoxy) is 3. The van der Waals surface area contributed by atoms with Crippen molar-refractivity contribution in [1.29, 1.82) is 0 Å². The lowest BCUT2D eigenvalue weighted by Crippen LogP contribution is -2.40. The largest absolute Gasteiger partial charge is 0.465 e. The van der Waals surface area contributed by atoms with Crippen molar-refractivity contribution in [1.82, 2.24) is 15.5 Å². The Morgan fingerprint density at radius 1 is 0.727 bits per heavy atom. The Kier molecular flexibility index (Phi) is 20.3. The highest BCUT2D eigenvalue weighted by molar-refractivity contribution is 5.80. The standard InChI is InChI=1S/C46H67N3O6/c1-4-7-9-11-13-15-28-49(29-16-14-12-10-8-5-2)34-42-31-43(39-22-20-36(35-50)21-23-39)55-45(54-42)40-26-24-38(25-27-40)41-19-17-18-37(30-41)32-47-46(52)48-33-44(51)53-6-3/h17-27,30,42-43,45,50H,4-16,28-29,31-35H2,1-3H3,(H2,47,48,52)/t42-,43+,45+/m0/s1. The molecule has 9 heteroatoms. The number of urea groups is 1. The van der Waals surface area contributed by atoms with Gasteiger partial charge in [-0.05, 0) is 66.7 Å². The van der Waals surface area contributed by atoms with Crippen LogP contribution in [0.15, 0.2) is 72.8 Å². The molecule has 0 bridgehead atoms. The summed E-state index contributed by atoms with van der Waals surface area (Å²) in [7, 11) is 0. The zero-order chi connectivity index (χ0) is 39.1. The van der Waals surface area contributed by atoms with Crippen LogP contribution in [0.1, 0.15) is 139 Å². The summed E-state index contributed by atoms with van der Waals surface area (Å²) in [6.07, 6.45) is 15.6. The number of aliphatic hydroxyl groups is 1. The second-order valence-electron chi connectivity index (χ2n) is 14.8. The van der Waals surface area contributed by atoms with Crippen LogP contribution in [0.3, 0.4) is 0 Å². The number of esters is 1. The first-order valence-corrected chi connectivity index (χ1v) is 21.0. The van der Waals surface area contributed by atoms with Crippen molar-refractivity contribution in [2.75, 3.05) is 32.8 Å². The third-order valence-corrected chi connectivity index (χ3v) is 10.3. The number of unbranched alkanes of at least 4 members (excludes halogenated alkanes) is 10. The fourth-order valence-corrected chi connectivity index (χ4v) is 7.15. The number of nitrogens with zero attached hydrogens (tertiary/aromatic N) is 1. The van der Waals surface area contributed by atoms with Gasteiger partial charge < -0.3 is 34.9 Å². The molecule has 9 nitrogen and oxygen atoms in total. The number of carbonyl (C=O) groups is 2. The Morgan fingerprint density at radius 3 is 2.00 bits per heavy atom. The van der Waals surface area contributed by atoms with E-state index in [9.17, 15) is 14.7 Å². The molecule has 0 aliphatic carbocycles. The van der Waals surface area contributed by atoms with Crippen LogP contribution < -0.4 is 10.6 Å². The molecule has 0 unspecified atom stereocenters. The fraction of sp³-hybridized carbons (Fsp3) is 0.565. The molecule has 0 aromatic heterocycles. The Balaban J connectivity index is 1.44. The zero-order valence-electron chi connectivity index (χ0n) is 33.7. The molecule has 1 heterocycles. The van der Waals surface area contributed by atoms with E-state index in [1.807, 2.05) is 24.3 Å². The maximum absolute atomic E-state index is 12.2. The maximum Gasteiger partial charge on any atom is 0.325 e. The van der Waals surface area contributed by atoms with E-state index in [-0.39, 0.29) is 32.0 Å². The first-order chi connectivity index (χ1) is 26.9. The predicted molar refractivity (Wildman–Crippen MR) is 220 cm³/mol. The van der Waals surface area contributed by atoms with Gasteiger partial charge in [-0.3, -0.25) is 4.79 Å². The van der Waals surface area contributed by atoms with Gasteiger partial charge in [0.1, 0.15) is 6.54 Å². The Bertz CT molecular complexity index is 1500. The highest BCUT2D eigenvalue weighted by atomic mass is 16.7. The third kappa shape index (κ3) is 16.1. The molecule has 1 aliphatic rings. The molecular weight excluding hydrogens is 691 g/mol. The zero-order valence-corrected chi connectivity index (χ0v) is 33.7. The molecule has 2 amide bonds. The van der Waals surface area contributed by atoms with Crippen LogP contribution in [0.25, 0.3) is 11.1 Å². The average Bonchev–Trinajstić information content (AvgIpc) is 3.22. The van der Waals surface area contributed by atoms with Crippen LogP contribution in [-0.2, 0) is 32.2 Å². The summed E-state index contributed by atoms with van der Waals surface area (Å²) in [5.41, 5.74) is 5.98. The van der Waals surface area contributed by atoms with E-state index >= 15 is 0 Å². The van der Waals surface area contributed by atoms with Gasteiger partial charge >= 0.3 is 12.0 Å². The number of amides is 2. The molecule has 3 aromatic rings. The SMILES string of the molecule is CCCCCCCCN(CCCCCCCC)C[C@@H]1C[C@H](c2ccc(CO)cc2)O[C@H](c2ccc(-c3cccc(CNC(=O)NCC(=O)OCC)c3)cc2)O1. The summed E-state index contributed by atoms with van der Waals surface area (Å²) in [5, 5.41) is 15.0. The lowest BCUT2D eigenvalue weighted by atomic mass is 9.98. The van der Waals surface area contributed by atoms with Crippen molar-refractivity contribution in [2.24, 2.45) is 0 Å². The Morgan fingerprint density at radius 2 is 1.36 bits per heavy atom. The molecule has 1 saturated heterocycles. The van der Waals surface area contributed by atoms with Gasteiger partial charge in [-0.2, -0.15) is 0 Å². The summed E-state index contributed by atoms with van der Waals surface area (Å²) in [6.45, 7) is 9.80. The molecule has 0 spiro atoms. The van der Waals surface area contributed by atoms with Crippen LogP contribution in [0.4, 0.5) is 4.79 Å². The molecule has 3 aromatic carbocycles. The molecule has 1 aliphatic heterocycles. The van der Waals surface area contributed by atoms with E-state index in [1.165, 1.54) is 77.0 Å². The topological polar surface area (TPSA) is 109 Å². The molecule has 0 radical (unpaired) electrons. The third-order valence-electron chi connectivity index (χ3n) is 10.3. The molecule has 3 atom stereocenters. The van der Waals surface area contributed by atoms with Crippen LogP contribution in [0, 0.1) is 0 Å². The molecule has 1 fully saturated rings. The highest BCUT2D eigenvalue weighted by Crippen LogP contribution is 2.39. The van der Waals surface area contributed by atoms with Crippen molar-refractivity contribution in [3.8, 4) is 11.1 Å². The second-order valence-corrected chi connectivity index (χ2v) is 14.8. The number of hydrogen-bond donors (Lipinski definition) is 3. The van der Waals surface area contributed by atoms with Gasteiger partial charge in [0, 0.05) is 25.1 Å². The van der Waals surface area contributed by atoms with Gasteiger partial charge in [-0.15, -0.1) is 0 Å². The lowest BCUT2D eigenvalue weighted by Gasteiger charge is -2.38. The average molecular weight is 758 g/mol. The summed E-state index contributed by atoms with van der Waals surface area (Å²) in [5.74, 6) is -0.469. The number of rotatable bonds is 25. The van der Waals surface area contributed by atoms with Crippen molar-refractivity contribution in [2.45, 2.75) is 136 Å². The number of aliphatic hydroxyl groups excluding tert-OH is 1. The summed E-state index contributed by atoms with van der Waals surface area (Å²) in [6, 6.07) is 24.1. The molecule has 4 rings (SSSR count). The van der Waals surface area contributed by atoms with Gasteiger partial charge in [-0.1, -0.05) is 145 Å². The Labute approximate surface area is 330 Å². The summed E-state index contributed by atoms with van der Waals surface area (Å²) in [4.78, 5) is 26.4. The molecule has 55 heavy (non-hydrogen) atoms. The van der Waals surface area contributed by atoms with Crippen LogP contribution in [0.2, 0.25) is 0 Å². The number of carbonyl (C=O) groups excluding carboxylic acids is 2. The second kappa shape index (κ2) is 25.4. The first kappa shape index (κ1) is 44.0. The van der Waals surface area contributed by atoms with Gasteiger partial charge in [0.2, 0.25) is 0 Å². The van der Waals surface area contributed by atoms with Crippen LogP contribution in [-0.4, -0.2) is 60.9 Å². The maximum atomic E-state index is 12.2. The normalized spacial score (nSPS) is 16.9. The quantitative estimate of drug-likeness (QED) is 0.0583. The number of hydrogen-bond acceptors (Lipinski definition) is 7. The van der Waals surface area contributed by atoms with Crippen LogP contribution >= 0.6 is 0 Å². The van der Waals surface area contributed by atoms with Gasteiger partial charge in [0.05, 0.1) is 25.4 Å². The van der Waals surface area contributed by atoms with Gasteiger partial charge in [-0.25, -0.2) is 4.79 Å². The van der Waals surface area contributed by atoms with E-state index in [2.05, 4.69) is 77.9 Å². The van der Waals surface area contributed by atoms with E-state index in [0.717, 1.165) is 59.4 Å². The van der Waals surface area contributed by atoms with Crippen molar-refractivity contribution in [3.63, 3.8) is 0 Å². The molecule has 3 N–H and O–H groups in total. The van der Waals surface area contributed by atoms with Crippen LogP contribution in [0.5, 0.6) is 0 Å². The van der Waals surface area contributed by atoms with E-state index in [0.29, 0.717) is 6.54 Å². The monoisotopic (exact) mass is 758 g/mol.